The maximum absolute atomic E-state index is 5.88. The molecule has 1 aromatic carbocycles. The number of pyridine rings is 1. The van der Waals surface area contributed by atoms with Gasteiger partial charge in [-0.2, -0.15) is 0 Å². The molecule has 2 rings (SSSR count). The Morgan fingerprint density at radius 3 is 2.38 bits per heavy atom. The van der Waals surface area contributed by atoms with Gasteiger partial charge in [0.05, 0.1) is 0 Å². The highest BCUT2D eigenvalue weighted by Crippen LogP contribution is 2.24. The van der Waals surface area contributed by atoms with Crippen LogP contribution in [0.5, 0.6) is 11.6 Å². The summed E-state index contributed by atoms with van der Waals surface area (Å²) in [5.41, 5.74) is 9.14. The monoisotopic (exact) mass is 284 g/mol. The number of ether oxygens (including phenoxy) is 1. The number of nitrogens with two attached hydrogens (primary N) is 1. The van der Waals surface area contributed by atoms with Crippen LogP contribution in [-0.2, 0) is 13.0 Å². The minimum atomic E-state index is 0.353. The van der Waals surface area contributed by atoms with Gasteiger partial charge in [-0.25, -0.2) is 4.98 Å². The molecule has 1 aromatic heterocycles. The first-order chi connectivity index (χ1) is 10.1. The summed E-state index contributed by atoms with van der Waals surface area (Å²) in [6.45, 7) is 6.91. The van der Waals surface area contributed by atoms with Gasteiger partial charge in [-0.15, -0.1) is 0 Å². The third-order valence-electron chi connectivity index (χ3n) is 3.39. The molecule has 0 aliphatic carbocycles. The second kappa shape index (κ2) is 7.23. The van der Waals surface area contributed by atoms with E-state index < -0.39 is 0 Å². The van der Waals surface area contributed by atoms with Gasteiger partial charge in [0, 0.05) is 18.3 Å². The molecule has 0 radical (unpaired) electrons. The predicted molar refractivity (Wildman–Crippen MR) is 86.7 cm³/mol. The summed E-state index contributed by atoms with van der Waals surface area (Å²) in [5, 5.41) is 0. The van der Waals surface area contributed by atoms with Gasteiger partial charge in [-0.05, 0) is 41.7 Å². The van der Waals surface area contributed by atoms with Gasteiger partial charge < -0.3 is 10.5 Å². The maximum atomic E-state index is 5.88. The fourth-order valence-corrected chi connectivity index (χ4v) is 2.18. The summed E-state index contributed by atoms with van der Waals surface area (Å²) in [6.07, 6.45) is 2.25. The zero-order valence-corrected chi connectivity index (χ0v) is 13.1. The van der Waals surface area contributed by atoms with Crippen molar-refractivity contribution < 1.29 is 4.74 Å². The van der Waals surface area contributed by atoms with Crippen LogP contribution in [0, 0.1) is 0 Å². The normalized spacial score (nSPS) is 10.9. The lowest BCUT2D eigenvalue weighted by Crippen LogP contribution is -2.02. The van der Waals surface area contributed by atoms with Crippen molar-refractivity contribution >= 4 is 0 Å². The predicted octanol–water partition coefficient (Wildman–Crippen LogP) is 4.41. The quantitative estimate of drug-likeness (QED) is 0.854. The minimum Gasteiger partial charge on any atom is -0.439 e. The third-order valence-corrected chi connectivity index (χ3v) is 3.39. The lowest BCUT2D eigenvalue weighted by Gasteiger charge is -2.11. The topological polar surface area (TPSA) is 48.1 Å². The fraction of sp³-hybridized carbons (Fsp3) is 0.389. The Hall–Kier alpha value is -1.87. The van der Waals surface area contributed by atoms with Gasteiger partial charge in [0.2, 0.25) is 5.88 Å². The Morgan fingerprint density at radius 2 is 1.81 bits per heavy atom. The van der Waals surface area contributed by atoms with Crippen LogP contribution in [0.2, 0.25) is 0 Å². The summed E-state index contributed by atoms with van der Waals surface area (Å²) >= 11 is 0. The molecule has 3 nitrogen and oxygen atoms in total. The van der Waals surface area contributed by atoms with Crippen LogP contribution in [0.25, 0.3) is 0 Å². The van der Waals surface area contributed by atoms with Crippen LogP contribution in [-0.4, -0.2) is 4.98 Å². The van der Waals surface area contributed by atoms with Crippen LogP contribution < -0.4 is 10.5 Å². The number of hydrogen-bond donors (Lipinski definition) is 1. The summed E-state index contributed by atoms with van der Waals surface area (Å²) in [5.74, 6) is 1.78. The van der Waals surface area contributed by atoms with Gasteiger partial charge in [0.15, 0.2) is 0 Å². The molecule has 0 bridgehead atoms. The molecule has 0 saturated heterocycles. The van der Waals surface area contributed by atoms with E-state index >= 15 is 0 Å². The van der Waals surface area contributed by atoms with E-state index in [-0.39, 0.29) is 0 Å². The van der Waals surface area contributed by atoms with Gasteiger partial charge >= 0.3 is 0 Å². The molecule has 3 heteroatoms. The second-order valence-corrected chi connectivity index (χ2v) is 5.59. The summed E-state index contributed by atoms with van der Waals surface area (Å²) in [4.78, 5) is 4.56. The molecule has 0 fully saturated rings. The van der Waals surface area contributed by atoms with Crippen LogP contribution in [0.4, 0.5) is 0 Å². The molecule has 21 heavy (non-hydrogen) atoms. The molecule has 2 aromatic rings. The van der Waals surface area contributed by atoms with Crippen molar-refractivity contribution in [1.29, 1.82) is 0 Å². The molecular weight excluding hydrogens is 260 g/mol. The first kappa shape index (κ1) is 15.5. The van der Waals surface area contributed by atoms with E-state index in [0.717, 1.165) is 29.8 Å². The van der Waals surface area contributed by atoms with Crippen LogP contribution in [0.3, 0.4) is 0 Å². The van der Waals surface area contributed by atoms with Crippen LogP contribution in [0.1, 0.15) is 49.9 Å². The van der Waals surface area contributed by atoms with E-state index in [4.69, 9.17) is 10.5 Å². The molecule has 0 aliphatic rings. The molecular formula is C18H24N2O. The Balaban J connectivity index is 2.19. The molecule has 0 spiro atoms. The van der Waals surface area contributed by atoms with Crippen LogP contribution >= 0.6 is 0 Å². The van der Waals surface area contributed by atoms with E-state index in [9.17, 15) is 0 Å². The lowest BCUT2D eigenvalue weighted by molar-refractivity contribution is 0.458. The molecule has 0 amide bonds. The van der Waals surface area contributed by atoms with E-state index in [2.05, 4.69) is 37.9 Å². The number of nitrogens with zero attached hydrogens (tertiary/aromatic N) is 1. The third kappa shape index (κ3) is 4.30. The number of aryl methyl sites for hydroxylation is 1. The van der Waals surface area contributed by atoms with E-state index in [1.54, 1.807) is 0 Å². The highest BCUT2D eigenvalue weighted by molar-refractivity contribution is 5.33. The molecule has 2 N–H and O–H groups in total. The standard InChI is InChI=1S/C18H24N2O/c1-4-5-14-6-8-16(9-7-14)21-18-11-15(12-19)10-17(20-18)13(2)3/h6-11,13H,4-5,12,19H2,1-3H3. The summed E-state index contributed by atoms with van der Waals surface area (Å²) < 4.78 is 5.88. The molecule has 112 valence electrons. The number of hydrogen-bond acceptors (Lipinski definition) is 3. The highest BCUT2D eigenvalue weighted by atomic mass is 16.5. The Bertz CT molecular complexity index is 576. The summed E-state index contributed by atoms with van der Waals surface area (Å²) in [6, 6.07) is 12.2. The van der Waals surface area contributed by atoms with Gasteiger partial charge in [0.25, 0.3) is 0 Å². The average molecular weight is 284 g/mol. The summed E-state index contributed by atoms with van der Waals surface area (Å²) in [7, 11) is 0. The largest absolute Gasteiger partial charge is 0.439 e. The van der Waals surface area contributed by atoms with Crippen molar-refractivity contribution in [1.82, 2.24) is 4.98 Å². The van der Waals surface area contributed by atoms with Crippen molar-refractivity contribution in [3.8, 4) is 11.6 Å². The highest BCUT2D eigenvalue weighted by Gasteiger charge is 2.07. The van der Waals surface area contributed by atoms with Gasteiger partial charge in [-0.3, -0.25) is 0 Å². The lowest BCUT2D eigenvalue weighted by atomic mass is 10.1. The van der Waals surface area contributed by atoms with E-state index in [0.29, 0.717) is 18.3 Å². The van der Waals surface area contributed by atoms with Gasteiger partial charge in [-0.1, -0.05) is 39.3 Å². The maximum Gasteiger partial charge on any atom is 0.219 e. The van der Waals surface area contributed by atoms with Crippen molar-refractivity contribution in [2.45, 2.75) is 46.1 Å². The van der Waals surface area contributed by atoms with Gasteiger partial charge in [0.1, 0.15) is 5.75 Å². The molecule has 0 aliphatic heterocycles. The van der Waals surface area contributed by atoms with Crippen molar-refractivity contribution in [2.24, 2.45) is 5.73 Å². The molecule has 0 atom stereocenters. The molecule has 0 unspecified atom stereocenters. The van der Waals surface area contributed by atoms with E-state index in [1.807, 2.05) is 24.3 Å². The van der Waals surface area contributed by atoms with Crippen LogP contribution in [0.15, 0.2) is 36.4 Å². The first-order valence-corrected chi connectivity index (χ1v) is 7.60. The minimum absolute atomic E-state index is 0.353. The zero-order chi connectivity index (χ0) is 15.2. The Kier molecular flexibility index (Phi) is 5.34. The van der Waals surface area contributed by atoms with Crippen molar-refractivity contribution in [3.05, 3.63) is 53.2 Å². The fourth-order valence-electron chi connectivity index (χ4n) is 2.18. The Morgan fingerprint density at radius 1 is 1.10 bits per heavy atom. The smallest absolute Gasteiger partial charge is 0.219 e. The zero-order valence-electron chi connectivity index (χ0n) is 13.1. The molecule has 0 saturated carbocycles. The van der Waals surface area contributed by atoms with Crippen molar-refractivity contribution in [2.75, 3.05) is 0 Å². The number of rotatable bonds is 6. The SMILES string of the molecule is CCCc1ccc(Oc2cc(CN)cc(C(C)C)n2)cc1. The molecule has 1 heterocycles. The number of aromatic nitrogens is 1. The first-order valence-electron chi connectivity index (χ1n) is 7.60. The van der Waals surface area contributed by atoms with Crippen molar-refractivity contribution in [3.63, 3.8) is 0 Å². The average Bonchev–Trinajstić information content (AvgIpc) is 2.49. The van der Waals surface area contributed by atoms with E-state index in [1.165, 1.54) is 5.56 Å². The Labute approximate surface area is 127 Å². The number of benzene rings is 1. The second-order valence-electron chi connectivity index (χ2n) is 5.59.